The van der Waals surface area contributed by atoms with E-state index in [-0.39, 0.29) is 15.8 Å². The van der Waals surface area contributed by atoms with Gasteiger partial charge in [-0.05, 0) is 48.1 Å². The van der Waals surface area contributed by atoms with Gasteiger partial charge < -0.3 is 0 Å². The third-order valence-electron chi connectivity index (χ3n) is 4.45. The number of unbranched alkanes of at least 4 members (excludes halogenated alkanes) is 2. The van der Waals surface area contributed by atoms with E-state index in [1.807, 2.05) is 0 Å². The van der Waals surface area contributed by atoms with Gasteiger partial charge in [0.15, 0.2) is 0 Å². The zero-order valence-corrected chi connectivity index (χ0v) is 17.1. The van der Waals surface area contributed by atoms with Gasteiger partial charge in [-0.3, -0.25) is 0 Å². The summed E-state index contributed by atoms with van der Waals surface area (Å²) >= 11 is 0. The van der Waals surface area contributed by atoms with E-state index >= 15 is 0 Å². The van der Waals surface area contributed by atoms with Crippen molar-refractivity contribution in [3.05, 3.63) is 60.7 Å². The molecule has 0 bridgehead atoms. The van der Waals surface area contributed by atoms with Crippen molar-refractivity contribution in [2.24, 2.45) is 0 Å². The van der Waals surface area contributed by atoms with Crippen LogP contribution in [0.15, 0.2) is 60.7 Å². The monoisotopic (exact) mass is 358 g/mol. The Hall–Kier alpha value is -0.700. The lowest BCUT2D eigenvalue weighted by atomic mass is 10.4. The van der Waals surface area contributed by atoms with Crippen LogP contribution >= 0.6 is 15.8 Å². The van der Waals surface area contributed by atoms with Gasteiger partial charge in [0.05, 0.1) is 0 Å². The Morgan fingerprint density at radius 1 is 0.542 bits per heavy atom. The molecule has 0 aliphatic heterocycles. The lowest BCUT2D eigenvalue weighted by molar-refractivity contribution is 0.889. The first-order valence-corrected chi connectivity index (χ1v) is 12.9. The molecule has 0 fully saturated rings. The van der Waals surface area contributed by atoms with Gasteiger partial charge in [-0.2, -0.15) is 0 Å². The third kappa shape index (κ3) is 6.66. The summed E-state index contributed by atoms with van der Waals surface area (Å²) < 4.78 is 0. The molecule has 2 aromatic carbocycles. The van der Waals surface area contributed by atoms with E-state index in [1.165, 1.54) is 50.3 Å². The van der Waals surface area contributed by atoms with E-state index in [4.69, 9.17) is 0 Å². The summed E-state index contributed by atoms with van der Waals surface area (Å²) in [5, 5.41) is 3.22. The Kier molecular flexibility index (Phi) is 9.64. The first kappa shape index (κ1) is 19.6. The quantitative estimate of drug-likeness (QED) is 0.419. The molecule has 0 N–H and O–H groups in total. The fraction of sp³-hybridized carbons (Fsp3) is 0.455. The summed E-state index contributed by atoms with van der Waals surface area (Å²) in [4.78, 5) is 0. The molecular weight excluding hydrogens is 326 g/mol. The lowest BCUT2D eigenvalue weighted by Crippen LogP contribution is -2.12. The first-order valence-electron chi connectivity index (χ1n) is 9.45. The second kappa shape index (κ2) is 11.8. The van der Waals surface area contributed by atoms with Gasteiger partial charge in [-0.25, -0.2) is 0 Å². The summed E-state index contributed by atoms with van der Waals surface area (Å²) in [5.41, 5.74) is 0. The van der Waals surface area contributed by atoms with Crippen LogP contribution in [-0.4, -0.2) is 24.6 Å². The standard InChI is InChI=1S/C22H32P2/c1-3-5-17-23(21-13-9-7-10-14-21)19-20-24(18-6-4-2)22-15-11-8-12-16-22/h7-16H,3-6,17-20H2,1-2H3. The van der Waals surface area contributed by atoms with Crippen LogP contribution in [0.5, 0.6) is 0 Å². The van der Waals surface area contributed by atoms with Crippen LogP contribution in [0, 0.1) is 0 Å². The highest BCUT2D eigenvalue weighted by Gasteiger charge is 2.15. The summed E-state index contributed by atoms with van der Waals surface area (Å²) in [7, 11) is 0.0334. The molecular formula is C22H32P2. The Bertz CT molecular complexity index is 487. The zero-order chi connectivity index (χ0) is 17.0. The highest BCUT2D eigenvalue weighted by molar-refractivity contribution is 7.69. The Balaban J connectivity index is 2.03. The number of hydrogen-bond donors (Lipinski definition) is 0. The van der Waals surface area contributed by atoms with Crippen LogP contribution in [-0.2, 0) is 0 Å². The average molecular weight is 358 g/mol. The van der Waals surface area contributed by atoms with Gasteiger partial charge in [0.1, 0.15) is 0 Å². The summed E-state index contributed by atoms with van der Waals surface area (Å²) in [6.07, 6.45) is 11.0. The normalized spacial score (nSPS) is 13.6. The highest BCUT2D eigenvalue weighted by atomic mass is 31.1. The van der Waals surface area contributed by atoms with Crippen molar-refractivity contribution in [3.8, 4) is 0 Å². The first-order chi connectivity index (χ1) is 11.8. The Morgan fingerprint density at radius 2 is 0.917 bits per heavy atom. The maximum Gasteiger partial charge on any atom is -0.0240 e. The van der Waals surface area contributed by atoms with Gasteiger partial charge in [0.25, 0.3) is 0 Å². The SMILES string of the molecule is CCCCP(CCP(CCCC)c1ccccc1)c1ccccc1. The fourth-order valence-corrected chi connectivity index (χ4v) is 8.95. The number of rotatable bonds is 11. The van der Waals surface area contributed by atoms with Crippen molar-refractivity contribution >= 4 is 26.5 Å². The van der Waals surface area contributed by atoms with Crippen LogP contribution < -0.4 is 10.6 Å². The van der Waals surface area contributed by atoms with Gasteiger partial charge in [0, 0.05) is 0 Å². The molecule has 0 nitrogen and oxygen atoms in total. The zero-order valence-electron chi connectivity index (χ0n) is 15.3. The average Bonchev–Trinajstić information content (AvgIpc) is 2.65. The number of hydrogen-bond acceptors (Lipinski definition) is 0. The predicted octanol–water partition coefficient (Wildman–Crippen LogP) is 6.20. The molecule has 0 spiro atoms. The molecule has 0 radical (unpaired) electrons. The van der Waals surface area contributed by atoms with Crippen molar-refractivity contribution in [3.63, 3.8) is 0 Å². The van der Waals surface area contributed by atoms with Crippen molar-refractivity contribution < 1.29 is 0 Å². The van der Waals surface area contributed by atoms with E-state index in [9.17, 15) is 0 Å². The molecule has 0 saturated heterocycles. The maximum absolute atomic E-state index is 2.36. The molecule has 0 saturated carbocycles. The summed E-state index contributed by atoms with van der Waals surface area (Å²) in [5.74, 6) is 0. The van der Waals surface area contributed by atoms with Crippen LogP contribution in [0.1, 0.15) is 39.5 Å². The molecule has 0 amide bonds. The van der Waals surface area contributed by atoms with Gasteiger partial charge in [-0.15, -0.1) is 0 Å². The number of benzene rings is 2. The van der Waals surface area contributed by atoms with Crippen LogP contribution in [0.2, 0.25) is 0 Å². The van der Waals surface area contributed by atoms with E-state index in [0.717, 1.165) is 0 Å². The minimum atomic E-state index is 0.0167. The largest absolute Gasteiger partial charge is 0.0750 e. The fourth-order valence-electron chi connectivity index (χ4n) is 2.96. The molecule has 0 heterocycles. The van der Waals surface area contributed by atoms with Crippen LogP contribution in [0.25, 0.3) is 0 Å². The van der Waals surface area contributed by atoms with Gasteiger partial charge >= 0.3 is 0 Å². The minimum absolute atomic E-state index is 0.0167. The van der Waals surface area contributed by atoms with Gasteiger partial charge in [-0.1, -0.05) is 103 Å². The summed E-state index contributed by atoms with van der Waals surface area (Å²) in [6, 6.07) is 22.6. The third-order valence-corrected chi connectivity index (χ3v) is 10.1. The van der Waals surface area contributed by atoms with Crippen molar-refractivity contribution in [1.29, 1.82) is 0 Å². The molecule has 0 aliphatic rings. The van der Waals surface area contributed by atoms with E-state index < -0.39 is 0 Å². The van der Waals surface area contributed by atoms with E-state index in [0.29, 0.717) is 0 Å². The van der Waals surface area contributed by atoms with Crippen LogP contribution in [0.4, 0.5) is 0 Å². The Morgan fingerprint density at radius 3 is 1.25 bits per heavy atom. The molecule has 2 rings (SSSR count). The van der Waals surface area contributed by atoms with E-state index in [1.54, 1.807) is 10.6 Å². The molecule has 2 atom stereocenters. The second-order valence-electron chi connectivity index (χ2n) is 6.35. The molecule has 2 aromatic rings. The molecule has 2 heteroatoms. The predicted molar refractivity (Wildman–Crippen MR) is 115 cm³/mol. The Labute approximate surface area is 151 Å². The summed E-state index contributed by atoms with van der Waals surface area (Å²) in [6.45, 7) is 4.63. The topological polar surface area (TPSA) is 0 Å². The molecule has 0 aliphatic carbocycles. The maximum atomic E-state index is 2.36. The second-order valence-corrected chi connectivity index (χ2v) is 11.3. The van der Waals surface area contributed by atoms with Crippen molar-refractivity contribution in [2.75, 3.05) is 24.6 Å². The van der Waals surface area contributed by atoms with Gasteiger partial charge in [0.2, 0.25) is 0 Å². The molecule has 24 heavy (non-hydrogen) atoms. The van der Waals surface area contributed by atoms with Crippen molar-refractivity contribution in [2.45, 2.75) is 39.5 Å². The smallest absolute Gasteiger partial charge is 0.0240 e. The highest BCUT2D eigenvalue weighted by Crippen LogP contribution is 2.43. The minimum Gasteiger partial charge on any atom is -0.0750 e. The van der Waals surface area contributed by atoms with Crippen LogP contribution in [0.3, 0.4) is 0 Å². The molecule has 130 valence electrons. The molecule has 0 aromatic heterocycles. The van der Waals surface area contributed by atoms with Crippen molar-refractivity contribution in [1.82, 2.24) is 0 Å². The van der Waals surface area contributed by atoms with E-state index in [2.05, 4.69) is 74.5 Å². The lowest BCUT2D eigenvalue weighted by Gasteiger charge is -2.23. The molecule has 2 unspecified atom stereocenters.